The molecule has 1 aliphatic heterocycles. The lowest BCUT2D eigenvalue weighted by Gasteiger charge is -2.25. The third kappa shape index (κ3) is 7.07. The van der Waals surface area contributed by atoms with Crippen molar-refractivity contribution in [2.24, 2.45) is 11.7 Å². The average molecular weight is 501 g/mol. The molecule has 9 nitrogen and oxygen atoms in total. The first-order valence-corrected chi connectivity index (χ1v) is 12.5. The maximum absolute atomic E-state index is 13.6. The lowest BCUT2D eigenvalue weighted by molar-refractivity contribution is -0.123. The number of nitrogens with one attached hydrogen (secondary N) is 2. The number of amides is 2. The monoisotopic (exact) mass is 501 g/mol. The van der Waals surface area contributed by atoms with Crippen molar-refractivity contribution in [1.29, 1.82) is 0 Å². The van der Waals surface area contributed by atoms with Crippen molar-refractivity contribution in [2.45, 2.75) is 45.1 Å². The molecule has 192 valence electrons. The number of benzene rings is 2. The van der Waals surface area contributed by atoms with Crippen LogP contribution in [0.25, 0.3) is 0 Å². The van der Waals surface area contributed by atoms with Crippen molar-refractivity contribution >= 4 is 18.9 Å². The summed E-state index contributed by atoms with van der Waals surface area (Å²) in [4.78, 5) is 34.4. The molecule has 4 rings (SSSR count). The second-order valence-electron chi connectivity index (χ2n) is 9.47. The molecule has 4 N–H and O–H groups in total. The summed E-state index contributed by atoms with van der Waals surface area (Å²) < 4.78 is 12.2. The number of fused-ring (bicyclic) bond motifs is 1. The van der Waals surface area contributed by atoms with Crippen LogP contribution in [-0.2, 0) is 17.6 Å². The molecule has 0 bridgehead atoms. The Bertz CT molecular complexity index is 1200. The molecular weight excluding hydrogens is 469 g/mol. The fourth-order valence-corrected chi connectivity index (χ4v) is 4.24. The van der Waals surface area contributed by atoms with E-state index >= 15 is 0 Å². The van der Waals surface area contributed by atoms with Crippen molar-refractivity contribution in [3.05, 3.63) is 83.9 Å². The first kappa shape index (κ1) is 26.2. The topological polar surface area (TPSA) is 128 Å². The van der Waals surface area contributed by atoms with Crippen LogP contribution in [0.2, 0.25) is 0 Å². The Hall–Kier alpha value is -3.92. The molecule has 0 spiro atoms. The molecule has 2 aromatic carbocycles. The highest BCUT2D eigenvalue weighted by molar-refractivity contribution is 6.50. The Morgan fingerprint density at radius 2 is 1.78 bits per heavy atom. The van der Waals surface area contributed by atoms with E-state index in [1.807, 2.05) is 48.5 Å². The van der Waals surface area contributed by atoms with Crippen LogP contribution < -0.4 is 25.7 Å². The molecule has 0 saturated heterocycles. The van der Waals surface area contributed by atoms with Gasteiger partial charge in [-0.05, 0) is 48.6 Å². The second kappa shape index (κ2) is 12.4. The molecular formula is C27H32BN5O4. The molecule has 3 aromatic rings. The van der Waals surface area contributed by atoms with Crippen LogP contribution in [0.5, 0.6) is 11.5 Å². The van der Waals surface area contributed by atoms with Gasteiger partial charge in [-0.3, -0.25) is 14.6 Å². The number of hydrogen-bond acceptors (Lipinski definition) is 7. The summed E-state index contributed by atoms with van der Waals surface area (Å²) in [6, 6.07) is 14.4. The minimum atomic E-state index is -0.841. The second-order valence-corrected chi connectivity index (χ2v) is 9.47. The van der Waals surface area contributed by atoms with Gasteiger partial charge < -0.3 is 25.7 Å². The van der Waals surface area contributed by atoms with Gasteiger partial charge in [0.25, 0.3) is 5.91 Å². The molecule has 0 fully saturated rings. The first-order chi connectivity index (χ1) is 17.9. The average Bonchev–Trinajstić information content (AvgIpc) is 3.32. The largest absolute Gasteiger partial charge is 0.618 e. The molecule has 10 heteroatoms. The highest BCUT2D eigenvalue weighted by Gasteiger charge is 2.42. The maximum atomic E-state index is 13.6. The Morgan fingerprint density at radius 1 is 1.00 bits per heavy atom. The van der Waals surface area contributed by atoms with Gasteiger partial charge in [0.05, 0.1) is 12.1 Å². The van der Waals surface area contributed by atoms with E-state index in [1.165, 1.54) is 18.6 Å². The van der Waals surface area contributed by atoms with Gasteiger partial charge in [0.2, 0.25) is 5.91 Å². The normalized spacial score (nSPS) is 13.8. The van der Waals surface area contributed by atoms with Gasteiger partial charge >= 0.3 is 7.12 Å². The Kier molecular flexibility index (Phi) is 8.74. The molecule has 1 aromatic heterocycles. The highest BCUT2D eigenvalue weighted by Crippen LogP contribution is 2.35. The summed E-state index contributed by atoms with van der Waals surface area (Å²) in [5.74, 6) is 0.276. The summed E-state index contributed by atoms with van der Waals surface area (Å²) in [7, 11) is -0.692. The van der Waals surface area contributed by atoms with E-state index in [9.17, 15) is 9.59 Å². The molecule has 2 heterocycles. The van der Waals surface area contributed by atoms with Crippen LogP contribution in [0.4, 0.5) is 0 Å². The summed E-state index contributed by atoms with van der Waals surface area (Å²) in [6.45, 7) is 4.67. The number of carbonyl (C=O) groups is 2. The van der Waals surface area contributed by atoms with E-state index < -0.39 is 25.0 Å². The molecule has 0 saturated carbocycles. The predicted molar refractivity (Wildman–Crippen MR) is 141 cm³/mol. The molecule has 2 amide bonds. The fraction of sp³-hybridized carbons (Fsp3) is 0.333. The SMILES string of the molecule is CC(C)C[C@H](NC(=O)[C@H](Cc1ccccc1)NC(=O)c1cnccn1)B1Oc2ccc(CCN)cc2O1. The Labute approximate surface area is 217 Å². The zero-order valence-corrected chi connectivity index (χ0v) is 21.1. The van der Waals surface area contributed by atoms with Crippen LogP contribution >= 0.6 is 0 Å². The number of hydrogen-bond donors (Lipinski definition) is 3. The number of rotatable bonds is 11. The van der Waals surface area contributed by atoms with Crippen molar-refractivity contribution in [1.82, 2.24) is 20.6 Å². The zero-order valence-electron chi connectivity index (χ0n) is 21.1. The van der Waals surface area contributed by atoms with E-state index in [0.29, 0.717) is 30.9 Å². The lowest BCUT2D eigenvalue weighted by atomic mass is 9.74. The fourth-order valence-electron chi connectivity index (χ4n) is 4.24. The van der Waals surface area contributed by atoms with E-state index in [-0.39, 0.29) is 17.5 Å². The standard InChI is InChI=1S/C27H32BN5O4/c1-18(2)14-25(28-36-23-9-8-20(10-11-29)16-24(23)37-28)33-26(34)21(15-19-6-4-3-5-7-19)32-27(35)22-17-30-12-13-31-22/h3-9,12-13,16-18,21,25H,10-11,14-15,29H2,1-2H3,(H,32,35)(H,33,34)/t21-,25-/m0/s1. The van der Waals surface area contributed by atoms with Gasteiger partial charge in [-0.2, -0.15) is 0 Å². The van der Waals surface area contributed by atoms with Gasteiger partial charge in [-0.1, -0.05) is 50.2 Å². The third-order valence-electron chi connectivity index (χ3n) is 6.01. The zero-order chi connectivity index (χ0) is 26.2. The smallest absolute Gasteiger partial charge is 0.522 e. The van der Waals surface area contributed by atoms with Gasteiger partial charge in [0, 0.05) is 18.8 Å². The number of nitrogens with zero attached hydrogens (tertiary/aromatic N) is 2. The van der Waals surface area contributed by atoms with E-state index in [2.05, 4.69) is 34.4 Å². The molecule has 0 radical (unpaired) electrons. The first-order valence-electron chi connectivity index (χ1n) is 12.5. The quantitative estimate of drug-likeness (QED) is 0.344. The molecule has 37 heavy (non-hydrogen) atoms. The molecule has 0 unspecified atom stereocenters. The lowest BCUT2D eigenvalue weighted by Crippen LogP contribution is -2.57. The van der Waals surface area contributed by atoms with Crippen LogP contribution in [0.3, 0.4) is 0 Å². The van der Waals surface area contributed by atoms with Gasteiger partial charge in [0.1, 0.15) is 23.2 Å². The Morgan fingerprint density at radius 3 is 2.49 bits per heavy atom. The van der Waals surface area contributed by atoms with Crippen molar-refractivity contribution in [2.75, 3.05) is 6.54 Å². The van der Waals surface area contributed by atoms with Crippen LogP contribution in [0.15, 0.2) is 67.1 Å². The number of nitrogens with two attached hydrogens (primary N) is 1. The van der Waals surface area contributed by atoms with Crippen molar-refractivity contribution in [3.63, 3.8) is 0 Å². The van der Waals surface area contributed by atoms with Gasteiger partial charge in [-0.25, -0.2) is 4.98 Å². The minimum Gasteiger partial charge on any atom is -0.522 e. The van der Waals surface area contributed by atoms with Crippen LogP contribution in [0.1, 0.15) is 41.9 Å². The summed E-state index contributed by atoms with van der Waals surface area (Å²) >= 11 is 0. The van der Waals surface area contributed by atoms with Gasteiger partial charge in [-0.15, -0.1) is 0 Å². The summed E-state index contributed by atoms with van der Waals surface area (Å²) in [6.07, 6.45) is 5.95. The number of carbonyl (C=O) groups excluding carboxylic acids is 2. The van der Waals surface area contributed by atoms with E-state index in [4.69, 9.17) is 15.0 Å². The Balaban J connectivity index is 1.51. The number of aromatic nitrogens is 2. The van der Waals surface area contributed by atoms with Gasteiger partial charge in [0.15, 0.2) is 0 Å². The minimum absolute atomic E-state index is 0.137. The van der Waals surface area contributed by atoms with Crippen molar-refractivity contribution < 1.29 is 18.9 Å². The predicted octanol–water partition coefficient (Wildman–Crippen LogP) is 2.35. The summed E-state index contributed by atoms with van der Waals surface area (Å²) in [5.41, 5.74) is 7.80. The maximum Gasteiger partial charge on any atom is 0.618 e. The summed E-state index contributed by atoms with van der Waals surface area (Å²) in [5, 5.41) is 5.90. The molecule has 2 atom stereocenters. The molecule has 0 aliphatic carbocycles. The van der Waals surface area contributed by atoms with Crippen molar-refractivity contribution in [3.8, 4) is 11.5 Å². The highest BCUT2D eigenvalue weighted by atomic mass is 16.6. The molecule has 1 aliphatic rings. The van der Waals surface area contributed by atoms with Crippen LogP contribution in [0, 0.1) is 5.92 Å². The van der Waals surface area contributed by atoms with E-state index in [1.54, 1.807) is 0 Å². The van der Waals surface area contributed by atoms with Crippen LogP contribution in [-0.4, -0.2) is 47.4 Å². The van der Waals surface area contributed by atoms with E-state index in [0.717, 1.165) is 17.5 Å². The third-order valence-corrected chi connectivity index (χ3v) is 6.01.